The van der Waals surface area contributed by atoms with Gasteiger partial charge < -0.3 is 10.2 Å². The van der Waals surface area contributed by atoms with E-state index < -0.39 is 23.8 Å². The van der Waals surface area contributed by atoms with Gasteiger partial charge in [-0.3, -0.25) is 19.8 Å². The van der Waals surface area contributed by atoms with Crippen molar-refractivity contribution >= 4 is 23.5 Å². The molecule has 8 heteroatoms. The number of imide groups is 1. The number of carbonyl (C=O) groups is 3. The molecule has 1 atom stereocenters. The molecular formula is C15H19FN4O3. The molecule has 1 fully saturated rings. The van der Waals surface area contributed by atoms with Gasteiger partial charge in [-0.1, -0.05) is 12.1 Å². The maximum atomic E-state index is 13.8. The first-order valence-electron chi connectivity index (χ1n) is 7.21. The number of halogens is 1. The number of amides is 4. The number of likely N-dealkylation sites (N-methyl/N-ethyl adjacent to an activating group) is 1. The van der Waals surface area contributed by atoms with Crippen LogP contribution in [0.3, 0.4) is 0 Å². The van der Waals surface area contributed by atoms with E-state index in [1.165, 1.54) is 18.0 Å². The molecule has 1 aromatic rings. The van der Waals surface area contributed by atoms with E-state index in [4.69, 9.17) is 0 Å². The molecule has 0 radical (unpaired) electrons. The molecule has 0 bridgehead atoms. The lowest BCUT2D eigenvalue weighted by atomic mass is 10.2. The minimum atomic E-state index is -0.603. The third-order valence-corrected chi connectivity index (χ3v) is 3.73. The molecule has 0 spiro atoms. The molecule has 2 rings (SSSR count). The van der Waals surface area contributed by atoms with Gasteiger partial charge in [0.2, 0.25) is 11.8 Å². The van der Waals surface area contributed by atoms with Crippen molar-refractivity contribution in [2.75, 3.05) is 32.1 Å². The summed E-state index contributed by atoms with van der Waals surface area (Å²) in [7, 11) is 3.02. The van der Waals surface area contributed by atoms with E-state index in [0.29, 0.717) is 13.0 Å². The molecule has 0 saturated carbocycles. The first-order valence-corrected chi connectivity index (χ1v) is 7.21. The number of rotatable bonds is 4. The van der Waals surface area contributed by atoms with Crippen LogP contribution in [0.1, 0.15) is 6.42 Å². The predicted molar refractivity (Wildman–Crippen MR) is 82.4 cm³/mol. The standard InChI is InChI=1S/C15H19FN4O3/c1-17-15(23)18-13(21)9-19(2)12-7-8-20(14(12)22)11-6-4-3-5-10(11)16/h3-6,12H,7-9H2,1-2H3,(H2,17,18,21,23). The number of hydrogen-bond donors (Lipinski definition) is 2. The highest BCUT2D eigenvalue weighted by Crippen LogP contribution is 2.26. The second-order valence-corrected chi connectivity index (χ2v) is 5.29. The number of carbonyl (C=O) groups excluding carboxylic acids is 3. The zero-order valence-corrected chi connectivity index (χ0v) is 13.0. The number of nitrogens with zero attached hydrogens (tertiary/aromatic N) is 2. The summed E-state index contributed by atoms with van der Waals surface area (Å²) in [4.78, 5) is 38.2. The maximum Gasteiger partial charge on any atom is 0.321 e. The van der Waals surface area contributed by atoms with Crippen molar-refractivity contribution in [1.29, 1.82) is 0 Å². The highest BCUT2D eigenvalue weighted by Gasteiger charge is 2.36. The summed E-state index contributed by atoms with van der Waals surface area (Å²) in [6.07, 6.45) is 0.483. The summed E-state index contributed by atoms with van der Waals surface area (Å²) in [6.45, 7) is 0.279. The number of hydrogen-bond acceptors (Lipinski definition) is 4. The molecule has 1 saturated heterocycles. The monoisotopic (exact) mass is 322 g/mol. The van der Waals surface area contributed by atoms with Crippen LogP contribution < -0.4 is 15.5 Å². The van der Waals surface area contributed by atoms with Crippen LogP contribution in [0.25, 0.3) is 0 Å². The summed E-state index contributed by atoms with van der Waals surface area (Å²) in [5, 5.41) is 4.41. The summed E-state index contributed by atoms with van der Waals surface area (Å²) in [5.74, 6) is -1.23. The highest BCUT2D eigenvalue weighted by molar-refractivity contribution is 6.00. The molecule has 1 aromatic carbocycles. The van der Waals surface area contributed by atoms with E-state index in [2.05, 4.69) is 10.6 Å². The fourth-order valence-electron chi connectivity index (χ4n) is 2.55. The van der Waals surface area contributed by atoms with Crippen LogP contribution in [-0.2, 0) is 9.59 Å². The van der Waals surface area contributed by atoms with Gasteiger partial charge in [0.15, 0.2) is 0 Å². The van der Waals surface area contributed by atoms with E-state index in [0.717, 1.165) is 0 Å². The summed E-state index contributed by atoms with van der Waals surface area (Å²) in [5.41, 5.74) is 0.239. The van der Waals surface area contributed by atoms with E-state index in [9.17, 15) is 18.8 Å². The first kappa shape index (κ1) is 16.9. The lowest BCUT2D eigenvalue weighted by Crippen LogP contribution is -2.47. The van der Waals surface area contributed by atoms with Gasteiger partial charge in [-0.15, -0.1) is 0 Å². The number of anilines is 1. The average Bonchev–Trinajstić information content (AvgIpc) is 2.89. The lowest BCUT2D eigenvalue weighted by Gasteiger charge is -2.23. The minimum Gasteiger partial charge on any atom is -0.341 e. The van der Waals surface area contributed by atoms with Gasteiger partial charge in [0, 0.05) is 13.6 Å². The van der Waals surface area contributed by atoms with Gasteiger partial charge in [0.1, 0.15) is 5.82 Å². The third-order valence-electron chi connectivity index (χ3n) is 3.73. The smallest absolute Gasteiger partial charge is 0.321 e. The van der Waals surface area contributed by atoms with Crippen LogP contribution in [-0.4, -0.2) is 56.0 Å². The summed E-state index contributed by atoms with van der Waals surface area (Å²) >= 11 is 0. The topological polar surface area (TPSA) is 81.8 Å². The normalized spacial score (nSPS) is 17.5. The van der Waals surface area contributed by atoms with E-state index in [1.54, 1.807) is 30.1 Å². The fraction of sp³-hybridized carbons (Fsp3) is 0.400. The maximum absolute atomic E-state index is 13.8. The van der Waals surface area contributed by atoms with Gasteiger partial charge in [-0.05, 0) is 25.6 Å². The molecule has 1 aliphatic rings. The molecule has 1 unspecified atom stereocenters. The molecule has 124 valence electrons. The average molecular weight is 322 g/mol. The summed E-state index contributed by atoms with van der Waals surface area (Å²) in [6, 6.07) is 4.95. The number of para-hydroxylation sites is 1. The van der Waals surface area contributed by atoms with Crippen molar-refractivity contribution in [1.82, 2.24) is 15.5 Å². The SMILES string of the molecule is CNC(=O)NC(=O)CN(C)C1CCN(c2ccccc2F)C1=O. The molecule has 2 N–H and O–H groups in total. The van der Waals surface area contributed by atoms with Crippen LogP contribution in [0.2, 0.25) is 0 Å². The molecular weight excluding hydrogens is 303 g/mol. The second-order valence-electron chi connectivity index (χ2n) is 5.29. The van der Waals surface area contributed by atoms with E-state index in [-0.39, 0.29) is 18.1 Å². The van der Waals surface area contributed by atoms with Crippen molar-refractivity contribution in [2.45, 2.75) is 12.5 Å². The highest BCUT2D eigenvalue weighted by atomic mass is 19.1. The van der Waals surface area contributed by atoms with Crippen LogP contribution in [0.15, 0.2) is 24.3 Å². The Balaban J connectivity index is 2.00. The molecule has 0 aromatic heterocycles. The number of urea groups is 1. The number of benzene rings is 1. The van der Waals surface area contributed by atoms with Crippen LogP contribution in [0.4, 0.5) is 14.9 Å². The van der Waals surface area contributed by atoms with E-state index >= 15 is 0 Å². The van der Waals surface area contributed by atoms with Crippen molar-refractivity contribution in [3.05, 3.63) is 30.1 Å². The van der Waals surface area contributed by atoms with Crippen molar-refractivity contribution in [3.63, 3.8) is 0 Å². The molecule has 1 heterocycles. The van der Waals surface area contributed by atoms with Crippen LogP contribution in [0, 0.1) is 5.82 Å². The Kier molecular flexibility index (Phi) is 5.28. The van der Waals surface area contributed by atoms with Crippen molar-refractivity contribution in [3.8, 4) is 0 Å². The molecule has 7 nitrogen and oxygen atoms in total. The molecule has 1 aliphatic heterocycles. The minimum absolute atomic E-state index is 0.102. The van der Waals surface area contributed by atoms with E-state index in [1.807, 2.05) is 0 Å². The Morgan fingerprint density at radius 2 is 2.09 bits per heavy atom. The fourth-order valence-corrected chi connectivity index (χ4v) is 2.55. The van der Waals surface area contributed by atoms with Crippen LogP contribution in [0.5, 0.6) is 0 Å². The second kappa shape index (κ2) is 7.19. The van der Waals surface area contributed by atoms with Crippen molar-refractivity contribution in [2.24, 2.45) is 0 Å². The van der Waals surface area contributed by atoms with Gasteiger partial charge in [-0.2, -0.15) is 0 Å². The number of nitrogens with one attached hydrogen (secondary N) is 2. The largest absolute Gasteiger partial charge is 0.341 e. The Morgan fingerprint density at radius 1 is 1.39 bits per heavy atom. The Bertz CT molecular complexity index is 622. The van der Waals surface area contributed by atoms with Gasteiger partial charge in [0.05, 0.1) is 18.3 Å². The molecule has 4 amide bonds. The van der Waals surface area contributed by atoms with Crippen LogP contribution >= 0.6 is 0 Å². The summed E-state index contributed by atoms with van der Waals surface area (Å²) < 4.78 is 13.8. The van der Waals surface area contributed by atoms with Gasteiger partial charge in [-0.25, -0.2) is 9.18 Å². The zero-order chi connectivity index (χ0) is 17.0. The van der Waals surface area contributed by atoms with Gasteiger partial charge in [0.25, 0.3) is 0 Å². The zero-order valence-electron chi connectivity index (χ0n) is 13.0. The van der Waals surface area contributed by atoms with Gasteiger partial charge >= 0.3 is 6.03 Å². The Morgan fingerprint density at radius 3 is 2.74 bits per heavy atom. The molecule has 0 aliphatic carbocycles. The Hall–Kier alpha value is -2.48. The molecule has 23 heavy (non-hydrogen) atoms. The van der Waals surface area contributed by atoms with Crippen molar-refractivity contribution < 1.29 is 18.8 Å². The third kappa shape index (κ3) is 3.84. The first-order chi connectivity index (χ1) is 10.9. The quantitative estimate of drug-likeness (QED) is 0.836. The predicted octanol–water partition coefficient (Wildman–Crippen LogP) is 0.318. The lowest BCUT2D eigenvalue weighted by molar-refractivity contribution is -0.124. The Labute approximate surface area is 133 Å².